The van der Waals surface area contributed by atoms with E-state index in [1.807, 2.05) is 23.1 Å². The second-order valence-corrected chi connectivity index (χ2v) is 2.24. The van der Waals surface area contributed by atoms with Crippen molar-refractivity contribution in [3.8, 4) is 0 Å². The second-order valence-electron chi connectivity index (χ2n) is 2.24. The summed E-state index contributed by atoms with van der Waals surface area (Å²) in [5, 5.41) is 4.10. The van der Waals surface area contributed by atoms with Crippen LogP contribution in [0.25, 0.3) is 0 Å². The van der Waals surface area contributed by atoms with E-state index >= 15 is 0 Å². The van der Waals surface area contributed by atoms with Crippen molar-refractivity contribution in [3.63, 3.8) is 0 Å². The van der Waals surface area contributed by atoms with Crippen molar-refractivity contribution < 1.29 is 0 Å². The number of rotatable bonds is 2. The molecule has 1 aromatic rings. The van der Waals surface area contributed by atoms with E-state index in [1.54, 1.807) is 0 Å². The molecule has 0 saturated heterocycles. The highest BCUT2D eigenvalue weighted by Gasteiger charge is 1.97. The highest BCUT2D eigenvalue weighted by molar-refractivity contribution is 4.79. The van der Waals surface area contributed by atoms with Crippen LogP contribution in [0.3, 0.4) is 0 Å². The fourth-order valence-electron chi connectivity index (χ4n) is 0.728. The predicted molar refractivity (Wildman–Crippen MR) is 37.2 cm³/mol. The Labute approximate surface area is 55.5 Å². The first kappa shape index (κ1) is 6.33. The SMILES string of the molecule is CC[C@@H](C)n1cccn1. The summed E-state index contributed by atoms with van der Waals surface area (Å²) >= 11 is 0. The highest BCUT2D eigenvalue weighted by Crippen LogP contribution is 2.05. The van der Waals surface area contributed by atoms with Crippen LogP contribution in [0.2, 0.25) is 0 Å². The topological polar surface area (TPSA) is 17.8 Å². The predicted octanol–water partition coefficient (Wildman–Crippen LogP) is 1.85. The average molecular weight is 124 g/mol. The lowest BCUT2D eigenvalue weighted by Gasteiger charge is -2.06. The molecule has 0 bridgehead atoms. The molecule has 1 rings (SSSR count). The summed E-state index contributed by atoms with van der Waals surface area (Å²) in [6.07, 6.45) is 4.95. The number of hydrogen-bond acceptors (Lipinski definition) is 1. The molecule has 0 aliphatic rings. The molecule has 0 radical (unpaired) electrons. The van der Waals surface area contributed by atoms with Crippen LogP contribution in [0, 0.1) is 0 Å². The highest BCUT2D eigenvalue weighted by atomic mass is 15.3. The molecule has 1 heterocycles. The summed E-state index contributed by atoms with van der Waals surface area (Å²) in [7, 11) is 0. The van der Waals surface area contributed by atoms with E-state index in [4.69, 9.17) is 0 Å². The van der Waals surface area contributed by atoms with Crippen LogP contribution in [-0.4, -0.2) is 9.78 Å². The standard InChI is InChI=1S/C7H12N2/c1-3-7(2)9-6-4-5-8-9/h4-7H,3H2,1-2H3/t7-/m1/s1. The summed E-state index contributed by atoms with van der Waals surface area (Å²) < 4.78 is 1.97. The third-order valence-electron chi connectivity index (χ3n) is 1.57. The molecule has 0 N–H and O–H groups in total. The summed E-state index contributed by atoms with van der Waals surface area (Å²) in [5.74, 6) is 0. The number of nitrogens with zero attached hydrogens (tertiary/aromatic N) is 2. The molecule has 2 nitrogen and oxygen atoms in total. The van der Waals surface area contributed by atoms with Gasteiger partial charge in [0.15, 0.2) is 0 Å². The molecule has 0 saturated carbocycles. The van der Waals surface area contributed by atoms with Gasteiger partial charge in [0.25, 0.3) is 0 Å². The molecule has 0 aromatic carbocycles. The molecular formula is C7H12N2. The molecule has 2 heteroatoms. The maximum atomic E-state index is 4.10. The van der Waals surface area contributed by atoms with E-state index in [2.05, 4.69) is 18.9 Å². The monoisotopic (exact) mass is 124 g/mol. The van der Waals surface area contributed by atoms with Crippen molar-refractivity contribution in [1.82, 2.24) is 9.78 Å². The van der Waals surface area contributed by atoms with Crippen molar-refractivity contribution in [2.75, 3.05) is 0 Å². The van der Waals surface area contributed by atoms with Gasteiger partial charge in [0, 0.05) is 18.4 Å². The fourth-order valence-corrected chi connectivity index (χ4v) is 0.728. The van der Waals surface area contributed by atoms with Gasteiger partial charge in [-0.05, 0) is 19.4 Å². The van der Waals surface area contributed by atoms with Crippen LogP contribution >= 0.6 is 0 Å². The zero-order chi connectivity index (χ0) is 6.69. The van der Waals surface area contributed by atoms with Gasteiger partial charge in [-0.2, -0.15) is 5.10 Å². The molecule has 0 spiro atoms. The molecular weight excluding hydrogens is 112 g/mol. The number of hydrogen-bond donors (Lipinski definition) is 0. The lowest BCUT2D eigenvalue weighted by atomic mass is 10.3. The summed E-state index contributed by atoms with van der Waals surface area (Å²) in [6, 6.07) is 2.49. The maximum absolute atomic E-state index is 4.10. The minimum Gasteiger partial charge on any atom is -0.270 e. The van der Waals surface area contributed by atoms with E-state index < -0.39 is 0 Å². The zero-order valence-corrected chi connectivity index (χ0v) is 5.91. The van der Waals surface area contributed by atoms with Crippen LogP contribution in [0.5, 0.6) is 0 Å². The van der Waals surface area contributed by atoms with Gasteiger partial charge in [-0.3, -0.25) is 4.68 Å². The van der Waals surface area contributed by atoms with Crippen molar-refractivity contribution in [2.45, 2.75) is 26.3 Å². The third-order valence-corrected chi connectivity index (χ3v) is 1.57. The van der Waals surface area contributed by atoms with Gasteiger partial charge in [-0.15, -0.1) is 0 Å². The van der Waals surface area contributed by atoms with Crippen molar-refractivity contribution in [1.29, 1.82) is 0 Å². The van der Waals surface area contributed by atoms with Crippen molar-refractivity contribution in [3.05, 3.63) is 18.5 Å². The molecule has 0 aliphatic carbocycles. The Morgan fingerprint density at radius 2 is 2.44 bits per heavy atom. The molecule has 0 aliphatic heterocycles. The Balaban J connectivity index is 2.65. The fraction of sp³-hybridized carbons (Fsp3) is 0.571. The Bertz CT molecular complexity index is 155. The second kappa shape index (κ2) is 2.67. The molecule has 0 unspecified atom stereocenters. The average Bonchev–Trinajstić information content (AvgIpc) is 2.37. The smallest absolute Gasteiger partial charge is 0.0489 e. The minimum absolute atomic E-state index is 0.542. The van der Waals surface area contributed by atoms with Crippen molar-refractivity contribution >= 4 is 0 Å². The molecule has 0 amide bonds. The summed E-state index contributed by atoms with van der Waals surface area (Å²) in [5.41, 5.74) is 0. The van der Waals surface area contributed by atoms with E-state index in [0.717, 1.165) is 6.42 Å². The van der Waals surface area contributed by atoms with E-state index in [-0.39, 0.29) is 0 Å². The molecule has 50 valence electrons. The van der Waals surface area contributed by atoms with Gasteiger partial charge in [-0.1, -0.05) is 6.92 Å². The lowest BCUT2D eigenvalue weighted by Crippen LogP contribution is -2.03. The molecule has 1 aromatic heterocycles. The quantitative estimate of drug-likeness (QED) is 0.588. The first-order chi connectivity index (χ1) is 4.34. The summed E-state index contributed by atoms with van der Waals surface area (Å²) in [6.45, 7) is 4.32. The van der Waals surface area contributed by atoms with Crippen LogP contribution in [-0.2, 0) is 0 Å². The van der Waals surface area contributed by atoms with Gasteiger partial charge < -0.3 is 0 Å². The number of aromatic nitrogens is 2. The zero-order valence-electron chi connectivity index (χ0n) is 5.91. The first-order valence-electron chi connectivity index (χ1n) is 3.33. The lowest BCUT2D eigenvalue weighted by molar-refractivity contribution is 0.478. The van der Waals surface area contributed by atoms with E-state index in [1.165, 1.54) is 0 Å². The largest absolute Gasteiger partial charge is 0.270 e. The van der Waals surface area contributed by atoms with Crippen LogP contribution in [0.15, 0.2) is 18.5 Å². The normalized spacial score (nSPS) is 13.6. The third kappa shape index (κ3) is 1.31. The van der Waals surface area contributed by atoms with Gasteiger partial charge in [0.1, 0.15) is 0 Å². The van der Waals surface area contributed by atoms with Gasteiger partial charge >= 0.3 is 0 Å². The Morgan fingerprint density at radius 1 is 1.67 bits per heavy atom. The molecule has 9 heavy (non-hydrogen) atoms. The van der Waals surface area contributed by atoms with Crippen LogP contribution < -0.4 is 0 Å². The Kier molecular flexibility index (Phi) is 1.88. The van der Waals surface area contributed by atoms with Gasteiger partial charge in [0.05, 0.1) is 0 Å². The summed E-state index contributed by atoms with van der Waals surface area (Å²) in [4.78, 5) is 0. The van der Waals surface area contributed by atoms with Crippen molar-refractivity contribution in [2.24, 2.45) is 0 Å². The van der Waals surface area contributed by atoms with Gasteiger partial charge in [0.2, 0.25) is 0 Å². The first-order valence-corrected chi connectivity index (χ1v) is 3.33. The Hall–Kier alpha value is -0.790. The minimum atomic E-state index is 0.542. The molecule has 0 fully saturated rings. The van der Waals surface area contributed by atoms with E-state index in [9.17, 15) is 0 Å². The van der Waals surface area contributed by atoms with Crippen LogP contribution in [0.4, 0.5) is 0 Å². The molecule has 1 atom stereocenters. The van der Waals surface area contributed by atoms with Gasteiger partial charge in [-0.25, -0.2) is 0 Å². The van der Waals surface area contributed by atoms with E-state index in [0.29, 0.717) is 6.04 Å². The Morgan fingerprint density at radius 3 is 2.89 bits per heavy atom. The maximum Gasteiger partial charge on any atom is 0.0489 e. The van der Waals surface area contributed by atoms with Crippen LogP contribution in [0.1, 0.15) is 26.3 Å².